The number of pyridine rings is 1. The van der Waals surface area contributed by atoms with Crippen LogP contribution in [0.15, 0.2) is 59.8 Å². The summed E-state index contributed by atoms with van der Waals surface area (Å²) in [6.07, 6.45) is 3.35. The first kappa shape index (κ1) is 11.5. The number of hydrogen-bond donors (Lipinski definition) is 1. The SMILES string of the molecule is NC(=O)N(Sc1ccncc1)c1ccccc1. The van der Waals surface area contributed by atoms with Crippen LogP contribution in [-0.4, -0.2) is 11.0 Å². The summed E-state index contributed by atoms with van der Waals surface area (Å²) < 4.78 is 1.44. The molecule has 0 saturated carbocycles. The molecule has 0 bridgehead atoms. The van der Waals surface area contributed by atoms with Crippen molar-refractivity contribution in [2.24, 2.45) is 5.73 Å². The lowest BCUT2D eigenvalue weighted by Crippen LogP contribution is -2.29. The molecule has 2 aromatic rings. The smallest absolute Gasteiger partial charge is 0.329 e. The number of carbonyl (C=O) groups excluding carboxylic acids is 1. The van der Waals surface area contributed by atoms with Crippen LogP contribution in [0.1, 0.15) is 0 Å². The van der Waals surface area contributed by atoms with E-state index < -0.39 is 6.03 Å². The number of amides is 2. The molecule has 4 nitrogen and oxygen atoms in total. The van der Waals surface area contributed by atoms with Gasteiger partial charge >= 0.3 is 6.03 Å². The van der Waals surface area contributed by atoms with E-state index in [1.165, 1.54) is 16.3 Å². The van der Waals surface area contributed by atoms with Crippen LogP contribution >= 0.6 is 11.9 Å². The molecule has 0 aliphatic heterocycles. The highest BCUT2D eigenvalue weighted by atomic mass is 32.2. The first-order chi connectivity index (χ1) is 8.27. The predicted octanol–water partition coefficient (Wildman–Crippen LogP) is 2.67. The number of carbonyl (C=O) groups is 1. The first-order valence-electron chi connectivity index (χ1n) is 5.00. The molecule has 5 heteroatoms. The number of para-hydroxylation sites is 1. The van der Waals surface area contributed by atoms with Crippen LogP contribution in [0.2, 0.25) is 0 Å². The van der Waals surface area contributed by atoms with E-state index in [1.807, 2.05) is 42.5 Å². The van der Waals surface area contributed by atoms with E-state index in [0.717, 1.165) is 10.6 Å². The van der Waals surface area contributed by atoms with Gasteiger partial charge in [-0.1, -0.05) is 18.2 Å². The quantitative estimate of drug-likeness (QED) is 0.846. The van der Waals surface area contributed by atoms with Gasteiger partial charge < -0.3 is 5.73 Å². The number of nitrogens with zero attached hydrogens (tertiary/aromatic N) is 2. The third-order valence-electron chi connectivity index (χ3n) is 2.04. The molecular formula is C12H11N3OS. The van der Waals surface area contributed by atoms with Gasteiger partial charge in [-0.3, -0.25) is 4.98 Å². The number of primary amides is 1. The predicted molar refractivity (Wildman–Crippen MR) is 68.6 cm³/mol. The van der Waals surface area contributed by atoms with Gasteiger partial charge in [-0.2, -0.15) is 0 Å². The van der Waals surface area contributed by atoms with Crippen LogP contribution in [-0.2, 0) is 0 Å². The summed E-state index contributed by atoms with van der Waals surface area (Å²) in [7, 11) is 0. The minimum Gasteiger partial charge on any atom is -0.350 e. The number of hydrogen-bond acceptors (Lipinski definition) is 3. The third-order valence-corrected chi connectivity index (χ3v) is 3.09. The van der Waals surface area contributed by atoms with Gasteiger partial charge in [0.2, 0.25) is 0 Å². The molecule has 0 spiro atoms. The van der Waals surface area contributed by atoms with E-state index in [1.54, 1.807) is 12.4 Å². The monoisotopic (exact) mass is 245 g/mol. The summed E-state index contributed by atoms with van der Waals surface area (Å²) in [4.78, 5) is 16.2. The van der Waals surface area contributed by atoms with Crippen molar-refractivity contribution >= 4 is 23.7 Å². The fraction of sp³-hybridized carbons (Fsp3) is 0. The molecule has 2 rings (SSSR count). The van der Waals surface area contributed by atoms with E-state index in [-0.39, 0.29) is 0 Å². The Balaban J connectivity index is 2.23. The number of benzene rings is 1. The van der Waals surface area contributed by atoms with Gasteiger partial charge in [0, 0.05) is 17.3 Å². The Bertz CT molecular complexity index is 490. The van der Waals surface area contributed by atoms with Crippen molar-refractivity contribution in [3.63, 3.8) is 0 Å². The molecule has 17 heavy (non-hydrogen) atoms. The van der Waals surface area contributed by atoms with Gasteiger partial charge in [-0.05, 0) is 36.2 Å². The molecule has 0 aliphatic carbocycles. The Labute approximate surface area is 104 Å². The first-order valence-corrected chi connectivity index (χ1v) is 5.77. The molecule has 0 aliphatic rings. The van der Waals surface area contributed by atoms with E-state index in [9.17, 15) is 4.79 Å². The molecule has 2 amide bonds. The van der Waals surface area contributed by atoms with Crippen molar-refractivity contribution in [2.75, 3.05) is 4.31 Å². The van der Waals surface area contributed by atoms with Crippen LogP contribution in [0.5, 0.6) is 0 Å². The molecule has 1 heterocycles. The highest BCUT2D eigenvalue weighted by molar-refractivity contribution is 8.01. The fourth-order valence-corrected chi connectivity index (χ4v) is 2.06. The van der Waals surface area contributed by atoms with Crippen LogP contribution in [0.4, 0.5) is 10.5 Å². The second-order valence-corrected chi connectivity index (χ2v) is 4.26. The van der Waals surface area contributed by atoms with Crippen molar-refractivity contribution in [2.45, 2.75) is 4.90 Å². The van der Waals surface area contributed by atoms with Gasteiger partial charge in [-0.25, -0.2) is 9.10 Å². The summed E-state index contributed by atoms with van der Waals surface area (Å²) in [5.74, 6) is 0. The average molecular weight is 245 g/mol. The second kappa shape index (κ2) is 5.36. The summed E-state index contributed by atoms with van der Waals surface area (Å²) in [6, 6.07) is 12.4. The second-order valence-electron chi connectivity index (χ2n) is 3.24. The number of nitrogens with two attached hydrogens (primary N) is 1. The largest absolute Gasteiger partial charge is 0.350 e. The normalized spacial score (nSPS) is 9.88. The lowest BCUT2D eigenvalue weighted by Gasteiger charge is -2.18. The lowest BCUT2D eigenvalue weighted by atomic mass is 10.3. The number of urea groups is 1. The zero-order chi connectivity index (χ0) is 12.1. The molecule has 2 N–H and O–H groups in total. The van der Waals surface area contributed by atoms with Crippen molar-refractivity contribution in [1.29, 1.82) is 0 Å². The van der Waals surface area contributed by atoms with Crippen molar-refractivity contribution in [3.8, 4) is 0 Å². The standard InChI is InChI=1S/C12H11N3OS/c13-12(16)15(10-4-2-1-3-5-10)17-11-6-8-14-9-7-11/h1-9H,(H2,13,16). The summed E-state index contributed by atoms with van der Waals surface area (Å²) in [5.41, 5.74) is 6.12. The molecule has 0 atom stereocenters. The van der Waals surface area contributed by atoms with Gasteiger partial charge in [0.05, 0.1) is 5.69 Å². The highest BCUT2D eigenvalue weighted by Gasteiger charge is 2.13. The lowest BCUT2D eigenvalue weighted by molar-refractivity contribution is 0.257. The van der Waals surface area contributed by atoms with Crippen LogP contribution in [0.3, 0.4) is 0 Å². The Hall–Kier alpha value is -2.01. The van der Waals surface area contributed by atoms with E-state index in [0.29, 0.717) is 0 Å². The Morgan fingerprint density at radius 2 is 1.76 bits per heavy atom. The maximum absolute atomic E-state index is 11.4. The van der Waals surface area contributed by atoms with Gasteiger partial charge in [-0.15, -0.1) is 0 Å². The van der Waals surface area contributed by atoms with E-state index in [2.05, 4.69) is 4.98 Å². The highest BCUT2D eigenvalue weighted by Crippen LogP contribution is 2.27. The van der Waals surface area contributed by atoms with Crippen molar-refractivity contribution in [1.82, 2.24) is 4.98 Å². The van der Waals surface area contributed by atoms with Gasteiger partial charge in [0.25, 0.3) is 0 Å². The Morgan fingerprint density at radius 1 is 1.12 bits per heavy atom. The number of rotatable bonds is 3. The van der Waals surface area contributed by atoms with Crippen molar-refractivity contribution in [3.05, 3.63) is 54.9 Å². The van der Waals surface area contributed by atoms with E-state index >= 15 is 0 Å². The number of aromatic nitrogens is 1. The molecule has 1 aromatic carbocycles. The van der Waals surface area contributed by atoms with Crippen LogP contribution < -0.4 is 10.0 Å². The minimum atomic E-state index is -0.502. The average Bonchev–Trinajstić information content (AvgIpc) is 2.38. The molecule has 0 saturated heterocycles. The molecule has 0 unspecified atom stereocenters. The zero-order valence-corrected chi connectivity index (χ0v) is 9.80. The molecular weight excluding hydrogens is 234 g/mol. The Kier molecular flexibility index (Phi) is 3.62. The van der Waals surface area contributed by atoms with Gasteiger partial charge in [0.1, 0.15) is 0 Å². The molecule has 0 fully saturated rings. The molecule has 0 radical (unpaired) electrons. The fourth-order valence-electron chi connectivity index (χ4n) is 1.29. The zero-order valence-electron chi connectivity index (χ0n) is 8.98. The van der Waals surface area contributed by atoms with Crippen LogP contribution in [0, 0.1) is 0 Å². The van der Waals surface area contributed by atoms with Crippen molar-refractivity contribution < 1.29 is 4.79 Å². The maximum atomic E-state index is 11.4. The number of anilines is 1. The molecule has 86 valence electrons. The summed E-state index contributed by atoms with van der Waals surface area (Å²) in [5, 5.41) is 0. The maximum Gasteiger partial charge on any atom is 0.329 e. The molecule has 1 aromatic heterocycles. The summed E-state index contributed by atoms with van der Waals surface area (Å²) in [6.45, 7) is 0. The minimum absolute atomic E-state index is 0.502. The summed E-state index contributed by atoms with van der Waals surface area (Å²) >= 11 is 1.27. The Morgan fingerprint density at radius 3 is 2.35 bits per heavy atom. The third kappa shape index (κ3) is 2.98. The van der Waals surface area contributed by atoms with E-state index in [4.69, 9.17) is 5.73 Å². The topological polar surface area (TPSA) is 59.2 Å². The van der Waals surface area contributed by atoms with Crippen LogP contribution in [0.25, 0.3) is 0 Å². The van der Waals surface area contributed by atoms with Gasteiger partial charge in [0.15, 0.2) is 0 Å².